The number of carboxylic acid groups (broad SMARTS) is 1. The summed E-state index contributed by atoms with van der Waals surface area (Å²) >= 11 is 1.38. The maximum Gasteiger partial charge on any atom is 0.410 e. The predicted molar refractivity (Wildman–Crippen MR) is 78.6 cm³/mol. The van der Waals surface area contributed by atoms with Gasteiger partial charge < -0.3 is 14.7 Å². The first kappa shape index (κ1) is 15.5. The molecule has 114 valence electrons. The minimum Gasteiger partial charge on any atom is -0.476 e. The van der Waals surface area contributed by atoms with Crippen molar-refractivity contribution in [3.05, 3.63) is 28.7 Å². The van der Waals surface area contributed by atoms with Crippen molar-refractivity contribution in [3.63, 3.8) is 0 Å². The summed E-state index contributed by atoms with van der Waals surface area (Å²) in [5, 5.41) is 11.3. The Morgan fingerprint density at radius 3 is 2.81 bits per heavy atom. The molecular formula is C14H18N2O4S. The van der Waals surface area contributed by atoms with E-state index in [0.717, 1.165) is 24.3 Å². The van der Waals surface area contributed by atoms with Gasteiger partial charge in [-0.05, 0) is 18.8 Å². The number of carbonyl (C=O) groups excluding carboxylic acids is 1. The Morgan fingerprint density at radius 1 is 1.52 bits per heavy atom. The molecule has 1 aromatic heterocycles. The van der Waals surface area contributed by atoms with Gasteiger partial charge in [0.15, 0.2) is 5.69 Å². The van der Waals surface area contributed by atoms with Crippen LogP contribution in [0.15, 0.2) is 18.0 Å². The van der Waals surface area contributed by atoms with Crippen LogP contribution in [0.3, 0.4) is 0 Å². The molecule has 0 aliphatic carbocycles. The lowest BCUT2D eigenvalue weighted by atomic mass is 9.94. The summed E-state index contributed by atoms with van der Waals surface area (Å²) in [5.41, 5.74) is 0.112. The number of amides is 1. The Labute approximate surface area is 127 Å². The van der Waals surface area contributed by atoms with E-state index in [1.165, 1.54) is 11.3 Å². The van der Waals surface area contributed by atoms with Gasteiger partial charge in [0.25, 0.3) is 0 Å². The molecule has 0 radical (unpaired) electrons. The van der Waals surface area contributed by atoms with Gasteiger partial charge >= 0.3 is 12.1 Å². The van der Waals surface area contributed by atoms with Crippen LogP contribution in [0.2, 0.25) is 0 Å². The van der Waals surface area contributed by atoms with Gasteiger partial charge in [0.2, 0.25) is 0 Å². The molecule has 1 amide bonds. The number of aromatic carboxylic acids is 1. The number of carboxylic acids is 1. The second-order valence-corrected chi connectivity index (χ2v) is 5.87. The summed E-state index contributed by atoms with van der Waals surface area (Å²) < 4.78 is 5.01. The van der Waals surface area contributed by atoms with E-state index >= 15 is 0 Å². The molecule has 0 unspecified atom stereocenters. The number of piperidine rings is 1. The average molecular weight is 310 g/mol. The first-order valence-corrected chi connectivity index (χ1v) is 7.68. The molecule has 1 aromatic rings. The lowest BCUT2D eigenvalue weighted by molar-refractivity contribution is 0.0690. The summed E-state index contributed by atoms with van der Waals surface area (Å²) in [7, 11) is 0. The van der Waals surface area contributed by atoms with Gasteiger partial charge in [0.05, 0.1) is 5.01 Å². The molecule has 0 saturated carbocycles. The van der Waals surface area contributed by atoms with Crippen molar-refractivity contribution in [2.45, 2.75) is 19.3 Å². The van der Waals surface area contributed by atoms with E-state index in [9.17, 15) is 9.59 Å². The Bertz CT molecular complexity index is 521. The zero-order chi connectivity index (χ0) is 15.2. The fourth-order valence-electron chi connectivity index (χ4n) is 2.29. The Morgan fingerprint density at radius 2 is 2.24 bits per heavy atom. The second kappa shape index (κ2) is 7.21. The number of nitrogens with zero attached hydrogens (tertiary/aromatic N) is 2. The molecule has 0 atom stereocenters. The van der Waals surface area contributed by atoms with Crippen molar-refractivity contribution >= 4 is 23.4 Å². The van der Waals surface area contributed by atoms with E-state index in [1.54, 1.807) is 16.4 Å². The quantitative estimate of drug-likeness (QED) is 0.845. The minimum absolute atomic E-state index is 0.112. The number of hydrogen-bond acceptors (Lipinski definition) is 5. The Kier molecular flexibility index (Phi) is 5.32. The third kappa shape index (κ3) is 4.29. The predicted octanol–water partition coefficient (Wildman–Crippen LogP) is 2.42. The van der Waals surface area contributed by atoms with Gasteiger partial charge in [-0.2, -0.15) is 0 Å². The molecule has 2 rings (SSSR count). The maximum atomic E-state index is 11.7. The highest BCUT2D eigenvalue weighted by atomic mass is 32.1. The number of ether oxygens (including phenoxy) is 1. The monoisotopic (exact) mass is 310 g/mol. The number of carbonyl (C=O) groups is 2. The fourth-order valence-corrected chi connectivity index (χ4v) is 3.18. The number of rotatable bonds is 5. The van der Waals surface area contributed by atoms with Crippen molar-refractivity contribution in [1.29, 1.82) is 0 Å². The number of hydrogen-bond donors (Lipinski definition) is 1. The van der Waals surface area contributed by atoms with Crippen LogP contribution in [0.4, 0.5) is 4.79 Å². The summed E-state index contributed by atoms with van der Waals surface area (Å²) in [6, 6.07) is 0. The molecule has 2 heterocycles. The maximum absolute atomic E-state index is 11.7. The number of thiazole rings is 1. The van der Waals surface area contributed by atoms with Gasteiger partial charge in [-0.1, -0.05) is 12.7 Å². The van der Waals surface area contributed by atoms with Gasteiger partial charge in [-0.3, -0.25) is 0 Å². The molecule has 1 aliphatic rings. The van der Waals surface area contributed by atoms with Crippen LogP contribution in [0.25, 0.3) is 0 Å². The van der Waals surface area contributed by atoms with Crippen molar-refractivity contribution in [2.75, 3.05) is 19.7 Å². The molecular weight excluding hydrogens is 292 g/mol. The highest BCUT2D eigenvalue weighted by molar-refractivity contribution is 7.09. The number of likely N-dealkylation sites (tertiary alicyclic amines) is 1. The lowest BCUT2D eigenvalue weighted by Gasteiger charge is -2.30. The molecule has 1 aliphatic heterocycles. The van der Waals surface area contributed by atoms with E-state index in [1.807, 2.05) is 0 Å². The first-order valence-electron chi connectivity index (χ1n) is 6.80. The third-order valence-corrected chi connectivity index (χ3v) is 4.30. The van der Waals surface area contributed by atoms with Gasteiger partial charge in [-0.25, -0.2) is 14.6 Å². The van der Waals surface area contributed by atoms with Crippen LogP contribution in [0.1, 0.15) is 28.3 Å². The minimum atomic E-state index is -0.989. The van der Waals surface area contributed by atoms with Crippen LogP contribution in [0, 0.1) is 5.92 Å². The summed E-state index contributed by atoms with van der Waals surface area (Å²) in [5.74, 6) is -0.557. The lowest BCUT2D eigenvalue weighted by Crippen LogP contribution is -2.39. The third-order valence-electron chi connectivity index (χ3n) is 3.43. The van der Waals surface area contributed by atoms with Gasteiger partial charge in [-0.15, -0.1) is 11.3 Å². The van der Waals surface area contributed by atoms with Gasteiger partial charge in [0, 0.05) is 24.9 Å². The largest absolute Gasteiger partial charge is 0.476 e. The Balaban J connectivity index is 1.79. The summed E-state index contributed by atoms with van der Waals surface area (Å²) in [6.45, 7) is 5.07. The highest BCUT2D eigenvalue weighted by Gasteiger charge is 2.24. The van der Waals surface area contributed by atoms with Gasteiger partial charge in [0.1, 0.15) is 6.61 Å². The van der Waals surface area contributed by atoms with Crippen molar-refractivity contribution in [2.24, 2.45) is 5.92 Å². The normalized spacial score (nSPS) is 15.7. The smallest absolute Gasteiger partial charge is 0.410 e. The van der Waals surface area contributed by atoms with E-state index in [0.29, 0.717) is 19.0 Å². The van der Waals surface area contributed by atoms with Crippen LogP contribution in [-0.4, -0.2) is 46.7 Å². The molecule has 21 heavy (non-hydrogen) atoms. The summed E-state index contributed by atoms with van der Waals surface area (Å²) in [6.07, 6.45) is 3.78. The molecule has 0 aromatic carbocycles. The molecule has 1 fully saturated rings. The first-order chi connectivity index (χ1) is 10.1. The van der Waals surface area contributed by atoms with Crippen LogP contribution in [-0.2, 0) is 11.2 Å². The fraction of sp³-hybridized carbons (Fsp3) is 0.500. The van der Waals surface area contributed by atoms with E-state index in [4.69, 9.17) is 9.84 Å². The Hall–Kier alpha value is -1.89. The standard InChI is InChI=1S/C14H18N2O4S/c1-2-7-20-14(19)16-5-3-10(4-6-16)8-12-15-11(9-21-12)13(17)18/h2,9-10H,1,3-8H2,(H,17,18). The topological polar surface area (TPSA) is 79.7 Å². The van der Waals surface area contributed by atoms with Crippen molar-refractivity contribution in [1.82, 2.24) is 9.88 Å². The average Bonchev–Trinajstić information content (AvgIpc) is 2.94. The molecule has 6 nitrogen and oxygen atoms in total. The zero-order valence-electron chi connectivity index (χ0n) is 11.7. The highest BCUT2D eigenvalue weighted by Crippen LogP contribution is 2.23. The van der Waals surface area contributed by atoms with Crippen LogP contribution < -0.4 is 0 Å². The molecule has 0 spiro atoms. The summed E-state index contributed by atoms with van der Waals surface area (Å²) in [4.78, 5) is 28.3. The van der Waals surface area contributed by atoms with Crippen LogP contribution >= 0.6 is 11.3 Å². The molecule has 7 heteroatoms. The van der Waals surface area contributed by atoms with E-state index < -0.39 is 5.97 Å². The van der Waals surface area contributed by atoms with E-state index in [2.05, 4.69) is 11.6 Å². The van der Waals surface area contributed by atoms with Crippen molar-refractivity contribution in [3.8, 4) is 0 Å². The molecule has 0 bridgehead atoms. The molecule has 1 saturated heterocycles. The van der Waals surface area contributed by atoms with Crippen molar-refractivity contribution < 1.29 is 19.4 Å². The van der Waals surface area contributed by atoms with Crippen LogP contribution in [0.5, 0.6) is 0 Å². The number of aromatic nitrogens is 1. The van der Waals surface area contributed by atoms with E-state index in [-0.39, 0.29) is 18.4 Å². The second-order valence-electron chi connectivity index (χ2n) is 4.93. The SMILES string of the molecule is C=CCOC(=O)N1CCC(Cc2nc(C(=O)O)cs2)CC1. The zero-order valence-corrected chi connectivity index (χ0v) is 12.5. The molecule has 1 N–H and O–H groups in total.